The highest BCUT2D eigenvalue weighted by molar-refractivity contribution is 8.03. The molecular weight excluding hydrogens is 310 g/mol. The predicted molar refractivity (Wildman–Crippen MR) is 55.3 cm³/mol. The van der Waals surface area contributed by atoms with Gasteiger partial charge in [-0.15, -0.1) is 0 Å². The first-order valence-corrected chi connectivity index (χ1v) is 5.89. The standard InChI is InChI=1S/C8H3ClF6S2/c9-4-2-1-3-5(16-7(10,11)12)6(4)17-8(13,14)15/h1-3H. The van der Waals surface area contributed by atoms with Crippen LogP contribution in [0, 0.1) is 0 Å². The van der Waals surface area contributed by atoms with E-state index in [4.69, 9.17) is 11.6 Å². The molecule has 0 saturated heterocycles. The van der Waals surface area contributed by atoms with Gasteiger partial charge in [-0.25, -0.2) is 0 Å². The lowest BCUT2D eigenvalue weighted by atomic mass is 10.4. The molecule has 0 bridgehead atoms. The van der Waals surface area contributed by atoms with E-state index in [-0.39, 0.29) is 5.02 Å². The van der Waals surface area contributed by atoms with E-state index in [1.54, 1.807) is 0 Å². The Morgan fingerprint density at radius 3 is 1.88 bits per heavy atom. The Morgan fingerprint density at radius 1 is 0.882 bits per heavy atom. The Morgan fingerprint density at radius 2 is 1.41 bits per heavy atom. The molecule has 0 aliphatic carbocycles. The zero-order valence-corrected chi connectivity index (χ0v) is 10.1. The second-order valence-corrected chi connectivity index (χ2v) is 5.25. The Balaban J connectivity index is 3.09. The minimum atomic E-state index is -4.69. The number of hydrogen-bond acceptors (Lipinski definition) is 2. The van der Waals surface area contributed by atoms with E-state index >= 15 is 0 Å². The van der Waals surface area contributed by atoms with Crippen molar-refractivity contribution in [3.8, 4) is 0 Å². The van der Waals surface area contributed by atoms with Crippen LogP contribution < -0.4 is 0 Å². The summed E-state index contributed by atoms with van der Waals surface area (Å²) in [6, 6.07) is 3.21. The molecule has 0 radical (unpaired) electrons. The molecule has 1 aromatic rings. The lowest BCUT2D eigenvalue weighted by molar-refractivity contribution is -0.0346. The lowest BCUT2D eigenvalue weighted by Gasteiger charge is -2.13. The number of halogens is 7. The summed E-state index contributed by atoms with van der Waals surface area (Å²) >= 11 is 4.18. The number of rotatable bonds is 2. The van der Waals surface area contributed by atoms with E-state index in [0.717, 1.165) is 18.2 Å². The lowest BCUT2D eigenvalue weighted by Crippen LogP contribution is -2.03. The van der Waals surface area contributed by atoms with E-state index in [9.17, 15) is 26.3 Å². The van der Waals surface area contributed by atoms with Gasteiger partial charge >= 0.3 is 11.0 Å². The van der Waals surface area contributed by atoms with Gasteiger partial charge < -0.3 is 0 Å². The van der Waals surface area contributed by atoms with Gasteiger partial charge in [0.05, 0.1) is 5.02 Å². The first-order valence-electron chi connectivity index (χ1n) is 3.88. The molecule has 1 rings (SSSR count). The van der Waals surface area contributed by atoms with Crippen LogP contribution >= 0.6 is 35.1 Å². The summed E-state index contributed by atoms with van der Waals surface area (Å²) in [7, 11) is 0. The quantitative estimate of drug-likeness (QED) is 0.517. The molecule has 17 heavy (non-hydrogen) atoms. The molecule has 0 N–H and O–H groups in total. The fourth-order valence-electron chi connectivity index (χ4n) is 0.909. The van der Waals surface area contributed by atoms with Crippen LogP contribution in [-0.4, -0.2) is 11.0 Å². The van der Waals surface area contributed by atoms with Crippen LogP contribution in [-0.2, 0) is 0 Å². The minimum Gasteiger partial charge on any atom is -0.160 e. The van der Waals surface area contributed by atoms with Crippen LogP contribution in [0.15, 0.2) is 28.0 Å². The monoisotopic (exact) mass is 312 g/mol. The molecular formula is C8H3ClF6S2. The number of hydrogen-bond donors (Lipinski definition) is 0. The summed E-state index contributed by atoms with van der Waals surface area (Å²) < 4.78 is 72.8. The molecule has 0 heterocycles. The van der Waals surface area contributed by atoms with Crippen LogP contribution in [0.1, 0.15) is 0 Å². The van der Waals surface area contributed by atoms with Crippen molar-refractivity contribution in [3.05, 3.63) is 23.2 Å². The molecule has 0 aliphatic rings. The van der Waals surface area contributed by atoms with Crippen molar-refractivity contribution in [1.82, 2.24) is 0 Å². The predicted octanol–water partition coefficient (Wildman–Crippen LogP) is 5.56. The largest absolute Gasteiger partial charge is 0.446 e. The zero-order valence-electron chi connectivity index (χ0n) is 7.69. The first kappa shape index (κ1) is 14.8. The fraction of sp³-hybridized carbons (Fsp3) is 0.250. The molecule has 0 fully saturated rings. The number of benzene rings is 1. The van der Waals surface area contributed by atoms with Crippen molar-refractivity contribution in [1.29, 1.82) is 0 Å². The van der Waals surface area contributed by atoms with Crippen molar-refractivity contribution in [2.24, 2.45) is 0 Å². The number of thioether (sulfide) groups is 2. The van der Waals surface area contributed by atoms with Gasteiger partial charge in [-0.2, -0.15) is 26.3 Å². The van der Waals surface area contributed by atoms with Gasteiger partial charge in [0.15, 0.2) is 0 Å². The highest BCUT2D eigenvalue weighted by Gasteiger charge is 2.35. The van der Waals surface area contributed by atoms with Gasteiger partial charge in [0.2, 0.25) is 0 Å². The van der Waals surface area contributed by atoms with E-state index in [0.29, 0.717) is 0 Å². The zero-order chi connectivity index (χ0) is 13.3. The molecule has 0 spiro atoms. The molecule has 0 saturated carbocycles. The van der Waals surface area contributed by atoms with Crippen LogP contribution in [0.25, 0.3) is 0 Å². The van der Waals surface area contributed by atoms with Gasteiger partial charge in [0.25, 0.3) is 0 Å². The smallest absolute Gasteiger partial charge is 0.160 e. The van der Waals surface area contributed by atoms with Crippen molar-refractivity contribution in [3.63, 3.8) is 0 Å². The summed E-state index contributed by atoms with van der Waals surface area (Å²) in [5, 5.41) is -0.360. The average Bonchev–Trinajstić information content (AvgIpc) is 2.07. The van der Waals surface area contributed by atoms with Crippen molar-refractivity contribution in [2.45, 2.75) is 20.8 Å². The van der Waals surface area contributed by atoms with Crippen LogP contribution in [0.2, 0.25) is 5.02 Å². The van der Waals surface area contributed by atoms with E-state index in [2.05, 4.69) is 0 Å². The van der Waals surface area contributed by atoms with Crippen LogP contribution in [0.5, 0.6) is 0 Å². The summed E-state index contributed by atoms with van der Waals surface area (Å²) in [5.41, 5.74) is -9.35. The van der Waals surface area contributed by atoms with Crippen LogP contribution in [0.4, 0.5) is 26.3 Å². The summed E-state index contributed by atoms with van der Waals surface area (Å²) in [6.45, 7) is 0. The Hall–Kier alpha value is -0.210. The molecule has 1 aromatic carbocycles. The van der Waals surface area contributed by atoms with Gasteiger partial charge in [0, 0.05) is 9.79 Å². The third-order valence-electron chi connectivity index (χ3n) is 1.37. The second kappa shape index (κ2) is 5.19. The number of alkyl halides is 6. The summed E-state index contributed by atoms with van der Waals surface area (Å²) in [4.78, 5) is -1.20. The molecule has 96 valence electrons. The second-order valence-electron chi connectivity index (χ2n) is 2.66. The minimum absolute atomic E-state index is 0.360. The van der Waals surface area contributed by atoms with Gasteiger partial charge in [-0.05, 0) is 35.7 Å². The average molecular weight is 313 g/mol. The first-order chi connectivity index (χ1) is 7.58. The SMILES string of the molecule is FC(F)(F)Sc1cccc(Cl)c1SC(F)(F)F. The van der Waals surface area contributed by atoms with Gasteiger partial charge in [0.1, 0.15) is 0 Å². The maximum atomic E-state index is 12.1. The molecule has 0 amide bonds. The van der Waals surface area contributed by atoms with Crippen molar-refractivity contribution >= 4 is 35.1 Å². The van der Waals surface area contributed by atoms with Crippen molar-refractivity contribution in [2.75, 3.05) is 0 Å². The molecule has 0 nitrogen and oxygen atoms in total. The topological polar surface area (TPSA) is 0 Å². The Bertz CT molecular complexity index is 400. The van der Waals surface area contributed by atoms with E-state index in [1.165, 1.54) is 0 Å². The van der Waals surface area contributed by atoms with E-state index < -0.39 is 44.3 Å². The Kier molecular flexibility index (Phi) is 4.54. The fourth-order valence-corrected chi connectivity index (χ4v) is 2.67. The van der Waals surface area contributed by atoms with Crippen molar-refractivity contribution < 1.29 is 26.3 Å². The molecule has 0 atom stereocenters. The normalized spacial score (nSPS) is 12.9. The summed E-state index contributed by atoms with van der Waals surface area (Å²) in [5.74, 6) is 0. The van der Waals surface area contributed by atoms with Gasteiger partial charge in [-0.3, -0.25) is 0 Å². The highest BCUT2D eigenvalue weighted by atomic mass is 35.5. The Labute approximate surface area is 106 Å². The van der Waals surface area contributed by atoms with E-state index in [1.807, 2.05) is 0 Å². The molecule has 0 unspecified atom stereocenters. The third-order valence-corrected chi connectivity index (χ3v) is 3.60. The maximum Gasteiger partial charge on any atom is 0.446 e. The third kappa shape index (κ3) is 5.31. The molecule has 0 aliphatic heterocycles. The van der Waals surface area contributed by atoms with Crippen LogP contribution in [0.3, 0.4) is 0 Å². The van der Waals surface area contributed by atoms with Gasteiger partial charge in [-0.1, -0.05) is 17.7 Å². The highest BCUT2D eigenvalue weighted by Crippen LogP contribution is 2.48. The molecule has 0 aromatic heterocycles. The molecule has 9 heteroatoms. The summed E-state index contributed by atoms with van der Waals surface area (Å²) in [6.07, 6.45) is 0. The maximum absolute atomic E-state index is 12.1.